The lowest BCUT2D eigenvalue weighted by molar-refractivity contribution is -0.919. The molecule has 0 saturated carbocycles. The molecule has 0 atom stereocenters. The number of Topliss-reactive ketones (excluding diaryl/α,β-unsaturated/α-hetero) is 1. The largest absolute Gasteiger partial charge is 0.872 e. The van der Waals surface area contributed by atoms with Crippen LogP contribution in [-0.4, -0.2) is 18.9 Å². The smallest absolute Gasteiger partial charge is 0.232 e. The number of hydrogen-bond donors (Lipinski definition) is 1. The summed E-state index contributed by atoms with van der Waals surface area (Å²) in [6.45, 7) is 13.3. The summed E-state index contributed by atoms with van der Waals surface area (Å²) in [5.41, 5.74) is 2.23. The summed E-state index contributed by atoms with van der Waals surface area (Å²) < 4.78 is 5.98. The molecule has 2 heterocycles. The van der Waals surface area contributed by atoms with Gasteiger partial charge in [-0.05, 0) is 30.0 Å². The van der Waals surface area contributed by atoms with E-state index in [4.69, 9.17) is 4.74 Å². The molecule has 5 heteroatoms. The second-order valence-electron chi connectivity index (χ2n) is 8.45. The highest BCUT2D eigenvalue weighted by Gasteiger charge is 2.31. The molecule has 150 valence electrons. The molecule has 0 fully saturated rings. The van der Waals surface area contributed by atoms with Crippen LogP contribution in [0.25, 0.3) is 6.08 Å². The molecule has 0 unspecified atom stereocenters. The molecule has 28 heavy (non-hydrogen) atoms. The summed E-state index contributed by atoms with van der Waals surface area (Å²) >= 11 is 1.57. The first kappa shape index (κ1) is 20.6. The molecule has 0 aliphatic carbocycles. The molecular formula is C23H29NO3S. The molecule has 1 aliphatic rings. The lowest BCUT2D eigenvalue weighted by Gasteiger charge is -2.26. The van der Waals surface area contributed by atoms with Crippen LogP contribution < -0.4 is 14.7 Å². The van der Waals surface area contributed by atoms with E-state index in [1.807, 2.05) is 18.4 Å². The number of fused-ring (bicyclic) bond motifs is 1. The van der Waals surface area contributed by atoms with E-state index >= 15 is 0 Å². The molecular weight excluding hydrogens is 370 g/mol. The maximum atomic E-state index is 12.8. The van der Waals surface area contributed by atoms with Gasteiger partial charge in [-0.3, -0.25) is 4.79 Å². The van der Waals surface area contributed by atoms with Gasteiger partial charge in [0, 0.05) is 28.4 Å². The van der Waals surface area contributed by atoms with Crippen molar-refractivity contribution in [2.75, 3.05) is 13.1 Å². The second-order valence-corrected chi connectivity index (χ2v) is 9.40. The molecule has 4 nitrogen and oxygen atoms in total. The van der Waals surface area contributed by atoms with E-state index in [0.29, 0.717) is 41.0 Å². The number of quaternary nitrogens is 1. The number of thiophene rings is 1. The van der Waals surface area contributed by atoms with Crippen molar-refractivity contribution >= 4 is 23.2 Å². The van der Waals surface area contributed by atoms with Crippen LogP contribution in [-0.2, 0) is 6.54 Å². The Morgan fingerprint density at radius 3 is 2.39 bits per heavy atom. The number of carbonyl (C=O) groups excluding carboxylic acids is 1. The first-order chi connectivity index (χ1) is 13.3. The summed E-state index contributed by atoms with van der Waals surface area (Å²) in [5, 5.41) is 14.6. The fraction of sp³-hybridized carbons (Fsp3) is 0.435. The average molecular weight is 400 g/mol. The Balaban J connectivity index is 1.93. The van der Waals surface area contributed by atoms with Gasteiger partial charge in [-0.25, -0.2) is 0 Å². The number of ketones is 1. The monoisotopic (exact) mass is 399 g/mol. The number of rotatable bonds is 7. The van der Waals surface area contributed by atoms with E-state index in [2.05, 4.69) is 27.7 Å². The summed E-state index contributed by atoms with van der Waals surface area (Å²) in [5.74, 6) is 1.63. The predicted molar refractivity (Wildman–Crippen MR) is 112 cm³/mol. The summed E-state index contributed by atoms with van der Waals surface area (Å²) in [7, 11) is 0. The van der Waals surface area contributed by atoms with E-state index in [1.54, 1.807) is 23.5 Å². The van der Waals surface area contributed by atoms with Crippen molar-refractivity contribution in [2.24, 2.45) is 11.8 Å². The number of benzene rings is 1. The van der Waals surface area contributed by atoms with Crippen molar-refractivity contribution in [3.05, 3.63) is 50.9 Å². The molecule has 0 saturated heterocycles. The zero-order chi connectivity index (χ0) is 20.4. The Hall–Kier alpha value is -2.11. The van der Waals surface area contributed by atoms with Crippen molar-refractivity contribution in [3.8, 4) is 11.5 Å². The first-order valence-corrected chi connectivity index (χ1v) is 10.8. The quantitative estimate of drug-likeness (QED) is 0.726. The lowest BCUT2D eigenvalue weighted by atomic mass is 10.0. The Morgan fingerprint density at radius 1 is 1.14 bits per heavy atom. The Bertz CT molecular complexity index is 885. The third kappa shape index (κ3) is 4.47. The van der Waals surface area contributed by atoms with Crippen molar-refractivity contribution in [1.82, 2.24) is 0 Å². The fourth-order valence-electron chi connectivity index (χ4n) is 3.74. The topological polar surface area (TPSA) is 53.8 Å². The number of hydrogen-bond acceptors (Lipinski definition) is 4. The highest BCUT2D eigenvalue weighted by atomic mass is 32.1. The van der Waals surface area contributed by atoms with Crippen LogP contribution in [0, 0.1) is 18.8 Å². The number of carbonyl (C=O) groups is 1. The van der Waals surface area contributed by atoms with Crippen molar-refractivity contribution in [3.63, 3.8) is 0 Å². The summed E-state index contributed by atoms with van der Waals surface area (Å²) in [4.78, 5) is 15.2. The standard InChI is InChI=1S/C23H29NO3S/c1-14(2)11-24(12-15(3)4)13-18-19(25)7-6-17-22(26)20(27-23(17)18)10-21-16(5)8-9-28-21/h6-10,14-15,25H,11-13H2,1-5H3. The molecule has 1 aromatic heterocycles. The zero-order valence-corrected chi connectivity index (χ0v) is 18.1. The van der Waals surface area contributed by atoms with Crippen LogP contribution in [0.2, 0.25) is 0 Å². The van der Waals surface area contributed by atoms with Crippen LogP contribution in [0.3, 0.4) is 0 Å². The highest BCUT2D eigenvalue weighted by Crippen LogP contribution is 2.38. The SMILES string of the molecule is Cc1ccsc1C=C1Oc2c(ccc([O-])c2C[NH+](CC(C)C)CC(C)C)C1=O. The Kier molecular flexibility index (Phi) is 6.26. The van der Waals surface area contributed by atoms with E-state index in [-0.39, 0.29) is 11.5 Å². The molecule has 0 amide bonds. The van der Waals surface area contributed by atoms with E-state index in [9.17, 15) is 9.90 Å². The van der Waals surface area contributed by atoms with Crippen LogP contribution in [0.5, 0.6) is 11.5 Å². The van der Waals surface area contributed by atoms with Gasteiger partial charge in [0.1, 0.15) is 12.3 Å². The Labute approximate surface area is 171 Å². The average Bonchev–Trinajstić information content (AvgIpc) is 3.14. The minimum Gasteiger partial charge on any atom is -0.872 e. The van der Waals surface area contributed by atoms with Crippen molar-refractivity contribution in [1.29, 1.82) is 0 Å². The van der Waals surface area contributed by atoms with Gasteiger partial charge in [0.25, 0.3) is 0 Å². The molecule has 1 aliphatic heterocycles. The van der Waals surface area contributed by atoms with Crippen LogP contribution in [0.1, 0.15) is 54.1 Å². The zero-order valence-electron chi connectivity index (χ0n) is 17.3. The van der Waals surface area contributed by atoms with Gasteiger partial charge < -0.3 is 14.7 Å². The van der Waals surface area contributed by atoms with Crippen molar-refractivity contribution < 1.29 is 19.5 Å². The number of aryl methyl sites for hydroxylation is 1. The maximum absolute atomic E-state index is 12.8. The normalized spacial score (nSPS) is 15.1. The van der Waals surface area contributed by atoms with Gasteiger partial charge >= 0.3 is 0 Å². The van der Waals surface area contributed by atoms with E-state index in [1.165, 1.54) is 11.0 Å². The third-order valence-electron chi connectivity index (χ3n) is 4.88. The van der Waals surface area contributed by atoms with Gasteiger partial charge in [-0.15, -0.1) is 11.3 Å². The lowest BCUT2D eigenvalue weighted by Crippen LogP contribution is -3.11. The number of allylic oxidation sites excluding steroid dienone is 1. The van der Waals surface area contributed by atoms with Crippen LogP contribution in [0.4, 0.5) is 0 Å². The maximum Gasteiger partial charge on any atom is 0.232 e. The van der Waals surface area contributed by atoms with Gasteiger partial charge in [0.2, 0.25) is 5.78 Å². The van der Waals surface area contributed by atoms with Crippen LogP contribution in [0.15, 0.2) is 29.3 Å². The van der Waals surface area contributed by atoms with Gasteiger partial charge in [0.05, 0.1) is 18.7 Å². The molecule has 0 spiro atoms. The minimum absolute atomic E-state index is 0.0508. The molecule has 0 radical (unpaired) electrons. The van der Waals surface area contributed by atoms with Crippen LogP contribution >= 0.6 is 11.3 Å². The third-order valence-corrected chi connectivity index (χ3v) is 5.85. The van der Waals surface area contributed by atoms with Gasteiger partial charge in [0.15, 0.2) is 5.76 Å². The highest BCUT2D eigenvalue weighted by molar-refractivity contribution is 7.11. The fourth-order valence-corrected chi connectivity index (χ4v) is 4.59. The molecule has 1 aromatic carbocycles. The van der Waals surface area contributed by atoms with Crippen molar-refractivity contribution in [2.45, 2.75) is 41.2 Å². The molecule has 3 rings (SSSR count). The summed E-state index contributed by atoms with van der Waals surface area (Å²) in [6, 6.07) is 5.14. The van der Waals surface area contributed by atoms with E-state index < -0.39 is 0 Å². The molecule has 2 aromatic rings. The number of ether oxygens (including phenoxy) is 1. The van der Waals surface area contributed by atoms with E-state index in [0.717, 1.165) is 23.5 Å². The molecule has 1 N–H and O–H groups in total. The molecule has 0 bridgehead atoms. The second kappa shape index (κ2) is 8.50. The minimum atomic E-state index is -0.140. The van der Waals surface area contributed by atoms with Gasteiger partial charge in [-0.2, -0.15) is 0 Å². The summed E-state index contributed by atoms with van der Waals surface area (Å²) in [6.07, 6.45) is 1.80. The number of nitrogens with one attached hydrogen (secondary N) is 1. The predicted octanol–water partition coefficient (Wildman–Crippen LogP) is 3.44. The Morgan fingerprint density at radius 2 is 1.82 bits per heavy atom. The first-order valence-electron chi connectivity index (χ1n) is 9.91. The van der Waals surface area contributed by atoms with Gasteiger partial charge in [-0.1, -0.05) is 39.5 Å².